The van der Waals surface area contributed by atoms with Crippen molar-refractivity contribution in [3.8, 4) is 11.3 Å². The average Bonchev–Trinajstić information content (AvgIpc) is 2.67. The Bertz CT molecular complexity index is 908. The standard InChI is InChI=1S/C17H14F3N5O/c18-11-1-2-12(19)16(15(11)20)24-14-9-13(10-3-5-21-6-4-10)23-17(25-14)22-7-8-26/h1-6,9,26H,7-8H2,(H2,22,23,24,25). The highest BCUT2D eigenvalue weighted by molar-refractivity contribution is 5.67. The maximum atomic E-state index is 13.9. The number of hydrogen-bond acceptors (Lipinski definition) is 6. The molecule has 0 amide bonds. The summed E-state index contributed by atoms with van der Waals surface area (Å²) in [5, 5.41) is 14.2. The first kappa shape index (κ1) is 17.6. The van der Waals surface area contributed by atoms with Crippen LogP contribution in [-0.4, -0.2) is 33.2 Å². The molecular formula is C17H14F3N5O. The third kappa shape index (κ3) is 3.89. The monoisotopic (exact) mass is 361 g/mol. The van der Waals surface area contributed by atoms with Crippen molar-refractivity contribution in [3.63, 3.8) is 0 Å². The Morgan fingerprint density at radius 1 is 0.962 bits per heavy atom. The smallest absolute Gasteiger partial charge is 0.225 e. The predicted octanol–water partition coefficient (Wildman–Crippen LogP) is 3.10. The minimum absolute atomic E-state index is 0.0515. The van der Waals surface area contributed by atoms with E-state index in [-0.39, 0.29) is 24.9 Å². The lowest BCUT2D eigenvalue weighted by Gasteiger charge is -2.12. The summed E-state index contributed by atoms with van der Waals surface area (Å²) in [4.78, 5) is 12.3. The first-order valence-corrected chi connectivity index (χ1v) is 7.63. The van der Waals surface area contributed by atoms with Crippen LogP contribution in [0.2, 0.25) is 0 Å². The van der Waals surface area contributed by atoms with Gasteiger partial charge in [0, 0.05) is 30.6 Å². The number of aliphatic hydroxyl groups is 1. The fourth-order valence-electron chi connectivity index (χ4n) is 2.20. The van der Waals surface area contributed by atoms with E-state index in [0.29, 0.717) is 17.3 Å². The number of anilines is 3. The zero-order valence-electron chi connectivity index (χ0n) is 13.4. The van der Waals surface area contributed by atoms with Gasteiger partial charge in [0.2, 0.25) is 5.95 Å². The van der Waals surface area contributed by atoms with Gasteiger partial charge in [-0.15, -0.1) is 0 Å². The molecule has 3 rings (SSSR count). The van der Waals surface area contributed by atoms with E-state index in [9.17, 15) is 13.2 Å². The summed E-state index contributed by atoms with van der Waals surface area (Å²) in [5.74, 6) is -3.31. The molecular weight excluding hydrogens is 347 g/mol. The van der Waals surface area contributed by atoms with E-state index in [1.165, 1.54) is 6.07 Å². The number of pyridine rings is 1. The van der Waals surface area contributed by atoms with E-state index in [0.717, 1.165) is 6.07 Å². The first-order chi connectivity index (χ1) is 12.6. The predicted molar refractivity (Wildman–Crippen MR) is 90.4 cm³/mol. The zero-order valence-corrected chi connectivity index (χ0v) is 13.4. The molecule has 2 aromatic heterocycles. The molecule has 0 aliphatic rings. The lowest BCUT2D eigenvalue weighted by atomic mass is 10.2. The van der Waals surface area contributed by atoms with Crippen LogP contribution in [0, 0.1) is 17.5 Å². The number of benzene rings is 1. The lowest BCUT2D eigenvalue weighted by molar-refractivity contribution is 0.311. The van der Waals surface area contributed by atoms with E-state index >= 15 is 0 Å². The SMILES string of the molecule is OCCNc1nc(Nc2c(F)ccc(F)c2F)cc(-c2ccncc2)n1. The van der Waals surface area contributed by atoms with E-state index in [4.69, 9.17) is 5.11 Å². The van der Waals surface area contributed by atoms with Gasteiger partial charge in [-0.1, -0.05) is 0 Å². The van der Waals surface area contributed by atoms with Gasteiger partial charge >= 0.3 is 0 Å². The maximum absolute atomic E-state index is 13.9. The molecule has 0 fully saturated rings. The second kappa shape index (κ2) is 7.79. The zero-order chi connectivity index (χ0) is 18.5. The molecule has 9 heteroatoms. The summed E-state index contributed by atoms with van der Waals surface area (Å²) in [6.45, 7) is 0.0285. The molecule has 6 nitrogen and oxygen atoms in total. The quantitative estimate of drug-likeness (QED) is 0.585. The third-order valence-electron chi connectivity index (χ3n) is 3.39. The Labute approximate surface area is 146 Å². The molecule has 0 aliphatic carbocycles. The molecule has 0 bridgehead atoms. The Morgan fingerprint density at radius 3 is 2.42 bits per heavy atom. The van der Waals surface area contributed by atoms with Crippen LogP contribution in [0.4, 0.5) is 30.6 Å². The van der Waals surface area contributed by atoms with Crippen molar-refractivity contribution in [2.45, 2.75) is 0 Å². The molecule has 26 heavy (non-hydrogen) atoms. The first-order valence-electron chi connectivity index (χ1n) is 7.63. The Kier molecular flexibility index (Phi) is 5.28. The lowest BCUT2D eigenvalue weighted by Crippen LogP contribution is -2.10. The van der Waals surface area contributed by atoms with Gasteiger partial charge in [0.25, 0.3) is 0 Å². The molecule has 2 heterocycles. The number of nitrogens with one attached hydrogen (secondary N) is 2. The molecule has 0 saturated carbocycles. The van der Waals surface area contributed by atoms with Crippen LogP contribution >= 0.6 is 0 Å². The van der Waals surface area contributed by atoms with Crippen molar-refractivity contribution in [1.82, 2.24) is 15.0 Å². The van der Waals surface area contributed by atoms with Gasteiger partial charge in [-0.25, -0.2) is 18.2 Å². The van der Waals surface area contributed by atoms with Gasteiger partial charge in [-0.3, -0.25) is 4.98 Å². The van der Waals surface area contributed by atoms with Gasteiger partial charge in [0.1, 0.15) is 17.3 Å². The second-order valence-corrected chi connectivity index (χ2v) is 5.19. The van der Waals surface area contributed by atoms with Crippen LogP contribution in [0.5, 0.6) is 0 Å². The molecule has 0 spiro atoms. The van der Waals surface area contributed by atoms with Crippen molar-refractivity contribution in [3.05, 3.63) is 60.2 Å². The molecule has 0 atom stereocenters. The third-order valence-corrected chi connectivity index (χ3v) is 3.39. The molecule has 1 aromatic carbocycles. The highest BCUT2D eigenvalue weighted by Gasteiger charge is 2.16. The van der Waals surface area contributed by atoms with Crippen LogP contribution in [0.15, 0.2) is 42.7 Å². The minimum atomic E-state index is -1.35. The summed E-state index contributed by atoms with van der Waals surface area (Å²) in [7, 11) is 0. The molecule has 3 N–H and O–H groups in total. The Morgan fingerprint density at radius 2 is 1.69 bits per heavy atom. The summed E-state index contributed by atoms with van der Waals surface area (Å²) >= 11 is 0. The van der Waals surface area contributed by atoms with E-state index in [1.54, 1.807) is 24.5 Å². The van der Waals surface area contributed by atoms with Crippen molar-refractivity contribution < 1.29 is 18.3 Å². The van der Waals surface area contributed by atoms with E-state index < -0.39 is 23.1 Å². The van der Waals surface area contributed by atoms with Crippen LogP contribution in [0.1, 0.15) is 0 Å². The highest BCUT2D eigenvalue weighted by Crippen LogP contribution is 2.27. The van der Waals surface area contributed by atoms with E-state index in [1.807, 2.05) is 0 Å². The van der Waals surface area contributed by atoms with Crippen molar-refractivity contribution >= 4 is 17.5 Å². The molecule has 134 valence electrons. The Hall–Kier alpha value is -3.20. The Balaban J connectivity index is 2.02. The molecule has 3 aromatic rings. The van der Waals surface area contributed by atoms with Crippen molar-refractivity contribution in [1.29, 1.82) is 0 Å². The second-order valence-electron chi connectivity index (χ2n) is 5.19. The number of hydrogen-bond donors (Lipinski definition) is 3. The number of aliphatic hydroxyl groups excluding tert-OH is 1. The van der Waals surface area contributed by atoms with Crippen molar-refractivity contribution in [2.75, 3.05) is 23.8 Å². The van der Waals surface area contributed by atoms with Gasteiger partial charge in [0.15, 0.2) is 11.6 Å². The summed E-state index contributed by atoms with van der Waals surface area (Å²) in [5.41, 5.74) is 0.484. The van der Waals surface area contributed by atoms with Gasteiger partial charge < -0.3 is 15.7 Å². The fraction of sp³-hybridized carbons (Fsp3) is 0.118. The summed E-state index contributed by atoms with van der Waals surface area (Å²) in [6, 6.07) is 6.38. The number of rotatable bonds is 6. The van der Waals surface area contributed by atoms with Gasteiger partial charge in [-0.2, -0.15) is 4.98 Å². The van der Waals surface area contributed by atoms with Crippen LogP contribution < -0.4 is 10.6 Å². The van der Waals surface area contributed by atoms with Crippen LogP contribution in [0.25, 0.3) is 11.3 Å². The molecule has 0 unspecified atom stereocenters. The average molecular weight is 361 g/mol. The highest BCUT2D eigenvalue weighted by atomic mass is 19.2. The number of halogens is 3. The van der Waals surface area contributed by atoms with Crippen LogP contribution in [-0.2, 0) is 0 Å². The van der Waals surface area contributed by atoms with Gasteiger partial charge in [-0.05, 0) is 24.3 Å². The maximum Gasteiger partial charge on any atom is 0.225 e. The molecule has 0 saturated heterocycles. The number of nitrogens with zero attached hydrogens (tertiary/aromatic N) is 3. The van der Waals surface area contributed by atoms with Crippen molar-refractivity contribution in [2.24, 2.45) is 0 Å². The minimum Gasteiger partial charge on any atom is -0.395 e. The fourth-order valence-corrected chi connectivity index (χ4v) is 2.20. The largest absolute Gasteiger partial charge is 0.395 e. The summed E-state index contributed by atoms with van der Waals surface area (Å²) < 4.78 is 41.2. The number of aromatic nitrogens is 3. The topological polar surface area (TPSA) is 83.0 Å². The molecule has 0 radical (unpaired) electrons. The van der Waals surface area contributed by atoms with Crippen LogP contribution in [0.3, 0.4) is 0 Å². The van der Waals surface area contributed by atoms with E-state index in [2.05, 4.69) is 25.6 Å². The molecule has 0 aliphatic heterocycles. The normalized spacial score (nSPS) is 10.6. The van der Waals surface area contributed by atoms with Gasteiger partial charge in [0.05, 0.1) is 12.3 Å². The summed E-state index contributed by atoms with van der Waals surface area (Å²) in [6.07, 6.45) is 3.13.